The van der Waals surface area contributed by atoms with Crippen LogP contribution in [0.2, 0.25) is 0 Å². The van der Waals surface area contributed by atoms with Crippen molar-refractivity contribution in [3.8, 4) is 0 Å². The second-order valence-electron chi connectivity index (χ2n) is 3.88. The van der Waals surface area contributed by atoms with Crippen LogP contribution in [0.25, 0.3) is 0 Å². The van der Waals surface area contributed by atoms with E-state index in [0.29, 0.717) is 18.2 Å². The van der Waals surface area contributed by atoms with Crippen LogP contribution in [0.1, 0.15) is 5.82 Å². The molecule has 0 atom stereocenters. The smallest absolute Gasteiger partial charge is 0.237 e. The van der Waals surface area contributed by atoms with E-state index in [-0.39, 0.29) is 17.6 Å². The van der Waals surface area contributed by atoms with Crippen LogP contribution in [0.5, 0.6) is 0 Å². The normalized spacial score (nSPS) is 10.5. The number of amides is 1. The van der Waals surface area contributed by atoms with Crippen molar-refractivity contribution in [1.29, 1.82) is 0 Å². The predicted molar refractivity (Wildman–Crippen MR) is 75.2 cm³/mol. The van der Waals surface area contributed by atoms with E-state index in [0.717, 1.165) is 5.82 Å². The summed E-state index contributed by atoms with van der Waals surface area (Å²) in [6.07, 6.45) is 3.13. The number of carbonyl (C=O) groups excluding carboxylic acids is 1. The summed E-state index contributed by atoms with van der Waals surface area (Å²) < 4.78 is 1.89. The average molecular weight is 293 g/mol. The van der Waals surface area contributed by atoms with Gasteiger partial charge in [0.25, 0.3) is 0 Å². The number of thioether (sulfide) groups is 1. The van der Waals surface area contributed by atoms with Crippen LogP contribution >= 0.6 is 11.8 Å². The van der Waals surface area contributed by atoms with Crippen LogP contribution < -0.4 is 11.1 Å². The molecule has 0 radical (unpaired) electrons. The summed E-state index contributed by atoms with van der Waals surface area (Å²) in [7, 11) is 0. The Kier molecular flexibility index (Phi) is 5.02. The number of hydrogen-bond donors (Lipinski definition) is 2. The minimum absolute atomic E-state index is 0.193. The highest BCUT2D eigenvalue weighted by Gasteiger charge is 2.11. The topological polar surface area (TPSA) is 112 Å². The van der Waals surface area contributed by atoms with Crippen LogP contribution in [0.3, 0.4) is 0 Å². The fourth-order valence-corrected chi connectivity index (χ4v) is 2.32. The maximum Gasteiger partial charge on any atom is 0.237 e. The summed E-state index contributed by atoms with van der Waals surface area (Å²) >= 11 is 1.30. The zero-order chi connectivity index (χ0) is 14.4. The van der Waals surface area contributed by atoms with Gasteiger partial charge in [-0.3, -0.25) is 10.1 Å². The molecule has 106 valence electrons. The number of nitrogens with zero attached hydrogens (tertiary/aromatic N) is 5. The van der Waals surface area contributed by atoms with Crippen LogP contribution in [-0.4, -0.2) is 42.9 Å². The fraction of sp³-hybridized carbons (Fsp3) is 0.364. The van der Waals surface area contributed by atoms with Gasteiger partial charge in [-0.05, 0) is 13.0 Å². The molecule has 8 nitrogen and oxygen atoms in total. The van der Waals surface area contributed by atoms with Gasteiger partial charge in [0.2, 0.25) is 11.9 Å². The van der Waals surface area contributed by atoms with Crippen LogP contribution in [0.4, 0.5) is 5.95 Å². The first-order chi connectivity index (χ1) is 9.70. The molecule has 0 bridgehead atoms. The molecule has 0 saturated carbocycles. The molecule has 0 fully saturated rings. The second kappa shape index (κ2) is 6.96. The first kappa shape index (κ1) is 14.4. The number of nitrogens with two attached hydrogens (primary N) is 1. The molecule has 2 aromatic heterocycles. The van der Waals surface area contributed by atoms with E-state index in [1.54, 1.807) is 18.5 Å². The van der Waals surface area contributed by atoms with Crippen LogP contribution in [0, 0.1) is 6.92 Å². The number of hydrogen-bond acceptors (Lipinski definition) is 7. The standard InChI is InChI=1S/C11H15N7OS/c1-8-16-17-11(18(8)6-3-12)20-7-9(19)15-10-13-4-2-5-14-10/h2,4-5H,3,6-7,12H2,1H3,(H,13,14,15,19). The fourth-order valence-electron chi connectivity index (χ4n) is 1.51. The third kappa shape index (κ3) is 3.75. The number of nitrogens with one attached hydrogen (secondary N) is 1. The maximum atomic E-state index is 11.8. The summed E-state index contributed by atoms with van der Waals surface area (Å²) in [5, 5.41) is 11.3. The van der Waals surface area contributed by atoms with E-state index in [1.165, 1.54) is 11.8 Å². The van der Waals surface area contributed by atoms with Gasteiger partial charge in [0, 0.05) is 25.5 Å². The van der Waals surface area contributed by atoms with Gasteiger partial charge in [-0.15, -0.1) is 10.2 Å². The van der Waals surface area contributed by atoms with Crippen molar-refractivity contribution in [3.63, 3.8) is 0 Å². The van der Waals surface area contributed by atoms with Crippen LogP contribution in [0.15, 0.2) is 23.6 Å². The SMILES string of the molecule is Cc1nnc(SCC(=O)Nc2ncccn2)n1CCN. The Morgan fingerprint density at radius 2 is 2.15 bits per heavy atom. The number of aryl methyl sites for hydroxylation is 1. The van der Waals surface area contributed by atoms with Gasteiger partial charge >= 0.3 is 0 Å². The molecule has 0 unspecified atom stereocenters. The molecule has 0 saturated heterocycles. The van der Waals surface area contributed by atoms with Crippen molar-refractivity contribution >= 4 is 23.6 Å². The lowest BCUT2D eigenvalue weighted by atomic mass is 10.6. The second-order valence-corrected chi connectivity index (χ2v) is 4.82. The van der Waals surface area contributed by atoms with E-state index in [2.05, 4.69) is 25.5 Å². The van der Waals surface area contributed by atoms with E-state index in [4.69, 9.17) is 5.73 Å². The monoisotopic (exact) mass is 293 g/mol. The van der Waals surface area contributed by atoms with Crippen LogP contribution in [-0.2, 0) is 11.3 Å². The largest absolute Gasteiger partial charge is 0.329 e. The number of anilines is 1. The van der Waals surface area contributed by atoms with Gasteiger partial charge < -0.3 is 10.3 Å². The van der Waals surface area contributed by atoms with Crippen molar-refractivity contribution in [3.05, 3.63) is 24.3 Å². The van der Waals surface area contributed by atoms with E-state index in [1.807, 2.05) is 11.5 Å². The Bertz CT molecular complexity index is 571. The quantitative estimate of drug-likeness (QED) is 0.724. The molecule has 1 amide bonds. The van der Waals surface area contributed by atoms with Gasteiger partial charge in [0.05, 0.1) is 5.75 Å². The molecule has 0 aliphatic heterocycles. The Hall–Kier alpha value is -2.00. The van der Waals surface area contributed by atoms with E-state index in [9.17, 15) is 4.79 Å². The minimum Gasteiger partial charge on any atom is -0.329 e. The molecule has 2 aromatic rings. The third-order valence-corrected chi connectivity index (χ3v) is 3.37. The summed E-state index contributed by atoms with van der Waals surface area (Å²) in [4.78, 5) is 19.6. The van der Waals surface area contributed by atoms with Crippen molar-refractivity contribution in [2.45, 2.75) is 18.6 Å². The molecule has 0 aliphatic rings. The number of aromatic nitrogens is 5. The van der Waals surface area contributed by atoms with Gasteiger partial charge in [-0.2, -0.15) is 0 Å². The Balaban J connectivity index is 1.90. The maximum absolute atomic E-state index is 11.8. The third-order valence-electron chi connectivity index (χ3n) is 2.40. The molecule has 20 heavy (non-hydrogen) atoms. The van der Waals surface area contributed by atoms with E-state index < -0.39 is 0 Å². The van der Waals surface area contributed by atoms with Crippen molar-refractivity contribution in [1.82, 2.24) is 24.7 Å². The molecule has 2 rings (SSSR count). The Morgan fingerprint density at radius 3 is 2.85 bits per heavy atom. The highest BCUT2D eigenvalue weighted by atomic mass is 32.2. The van der Waals surface area contributed by atoms with Crippen molar-refractivity contribution in [2.24, 2.45) is 5.73 Å². The minimum atomic E-state index is -0.193. The molecule has 0 aromatic carbocycles. The highest BCUT2D eigenvalue weighted by Crippen LogP contribution is 2.16. The first-order valence-corrected chi connectivity index (χ1v) is 6.99. The Morgan fingerprint density at radius 1 is 1.40 bits per heavy atom. The van der Waals surface area contributed by atoms with Crippen molar-refractivity contribution < 1.29 is 4.79 Å². The molecular weight excluding hydrogens is 278 g/mol. The zero-order valence-corrected chi connectivity index (χ0v) is 11.8. The lowest BCUT2D eigenvalue weighted by Crippen LogP contribution is -2.17. The molecular formula is C11H15N7OS. The van der Waals surface area contributed by atoms with Crippen molar-refractivity contribution in [2.75, 3.05) is 17.6 Å². The number of carbonyl (C=O) groups is 1. The zero-order valence-electron chi connectivity index (χ0n) is 11.0. The summed E-state index contributed by atoms with van der Waals surface area (Å²) in [5.41, 5.74) is 5.53. The Labute approximate surface area is 120 Å². The molecule has 3 N–H and O–H groups in total. The summed E-state index contributed by atoms with van der Waals surface area (Å²) in [6.45, 7) is 2.98. The lowest BCUT2D eigenvalue weighted by Gasteiger charge is -2.06. The first-order valence-electron chi connectivity index (χ1n) is 6.00. The van der Waals surface area contributed by atoms with Gasteiger partial charge in [0.15, 0.2) is 5.16 Å². The van der Waals surface area contributed by atoms with Gasteiger partial charge in [-0.25, -0.2) is 9.97 Å². The molecule has 9 heteroatoms. The highest BCUT2D eigenvalue weighted by molar-refractivity contribution is 7.99. The number of rotatable bonds is 6. The summed E-state index contributed by atoms with van der Waals surface area (Å²) in [6, 6.07) is 1.68. The molecule has 2 heterocycles. The summed E-state index contributed by atoms with van der Waals surface area (Å²) in [5.74, 6) is 1.09. The molecule has 0 spiro atoms. The predicted octanol–water partition coefficient (Wildman–Crippen LogP) is 0.0660. The average Bonchev–Trinajstić information content (AvgIpc) is 2.79. The van der Waals surface area contributed by atoms with Gasteiger partial charge in [-0.1, -0.05) is 11.8 Å². The lowest BCUT2D eigenvalue weighted by molar-refractivity contribution is -0.113. The van der Waals surface area contributed by atoms with Gasteiger partial charge in [0.1, 0.15) is 5.82 Å². The molecule has 0 aliphatic carbocycles. The van der Waals surface area contributed by atoms with E-state index >= 15 is 0 Å².